The van der Waals surface area contributed by atoms with E-state index in [-0.39, 0.29) is 0 Å². The Hall–Kier alpha value is -1.41. The van der Waals surface area contributed by atoms with E-state index in [1.807, 2.05) is 26.0 Å². The molecule has 0 radical (unpaired) electrons. The molecule has 0 heterocycles. The lowest BCUT2D eigenvalue weighted by atomic mass is 9.87. The maximum absolute atomic E-state index is 12.7. The fraction of sp³-hybridized carbons (Fsp3) is 0.429. The van der Waals surface area contributed by atoms with Crippen molar-refractivity contribution in [3.8, 4) is 0 Å². The van der Waals surface area contributed by atoms with E-state index in [4.69, 9.17) is 9.05 Å². The van der Waals surface area contributed by atoms with Gasteiger partial charge < -0.3 is 9.05 Å². The van der Waals surface area contributed by atoms with Gasteiger partial charge in [0.2, 0.25) is 0 Å². The van der Waals surface area contributed by atoms with Crippen molar-refractivity contribution in [2.75, 3.05) is 13.2 Å². The van der Waals surface area contributed by atoms with Gasteiger partial charge in [-0.3, -0.25) is 4.57 Å². The average Bonchev–Trinajstić information content (AvgIpc) is 2.61. The molecule has 0 fully saturated rings. The average molecular weight is 360 g/mol. The van der Waals surface area contributed by atoms with E-state index in [0.717, 1.165) is 18.4 Å². The van der Waals surface area contributed by atoms with Crippen LogP contribution in [0.1, 0.15) is 56.2 Å². The first kappa shape index (κ1) is 19.9. The van der Waals surface area contributed by atoms with E-state index in [2.05, 4.69) is 49.4 Å². The summed E-state index contributed by atoms with van der Waals surface area (Å²) < 4.78 is 23.5. The van der Waals surface area contributed by atoms with Gasteiger partial charge in [-0.1, -0.05) is 67.9 Å². The second-order valence-electron chi connectivity index (χ2n) is 6.10. The minimum Gasteiger partial charge on any atom is -0.309 e. The van der Waals surface area contributed by atoms with Crippen molar-refractivity contribution in [3.63, 3.8) is 0 Å². The standard InChI is InChI=1S/C21H29O3P/c1-4-10-21(19-11-8-7-9-12-19)20-15-13-18(14-16-20)17-25(22,23-5-2)24-6-3/h7-9,11-16,21H,4-6,10,17H2,1-3H3. The molecule has 136 valence electrons. The highest BCUT2D eigenvalue weighted by molar-refractivity contribution is 7.53. The number of hydrogen-bond acceptors (Lipinski definition) is 3. The van der Waals surface area contributed by atoms with Crippen LogP contribution >= 0.6 is 7.60 Å². The zero-order valence-electron chi connectivity index (χ0n) is 15.5. The molecule has 3 nitrogen and oxygen atoms in total. The number of rotatable bonds is 10. The van der Waals surface area contributed by atoms with Crippen LogP contribution in [0.15, 0.2) is 54.6 Å². The van der Waals surface area contributed by atoms with E-state index in [0.29, 0.717) is 25.3 Å². The van der Waals surface area contributed by atoms with E-state index in [1.54, 1.807) is 0 Å². The van der Waals surface area contributed by atoms with Crippen molar-refractivity contribution in [1.82, 2.24) is 0 Å². The van der Waals surface area contributed by atoms with Crippen LogP contribution in [-0.4, -0.2) is 13.2 Å². The smallest absolute Gasteiger partial charge is 0.309 e. The van der Waals surface area contributed by atoms with Gasteiger partial charge >= 0.3 is 7.60 Å². The molecule has 0 N–H and O–H groups in total. The second kappa shape index (κ2) is 9.91. The third-order valence-corrected chi connectivity index (χ3v) is 6.24. The van der Waals surface area contributed by atoms with Crippen molar-refractivity contribution >= 4 is 7.60 Å². The van der Waals surface area contributed by atoms with Crippen LogP contribution in [0.5, 0.6) is 0 Å². The van der Waals surface area contributed by atoms with Crippen molar-refractivity contribution in [2.45, 2.75) is 45.7 Å². The predicted molar refractivity (Wildman–Crippen MR) is 104 cm³/mol. The van der Waals surface area contributed by atoms with Crippen LogP contribution < -0.4 is 0 Å². The molecule has 0 spiro atoms. The fourth-order valence-corrected chi connectivity index (χ4v) is 4.80. The van der Waals surface area contributed by atoms with Gasteiger partial charge in [0.1, 0.15) is 0 Å². The molecule has 1 unspecified atom stereocenters. The molecule has 2 rings (SSSR count). The highest BCUT2D eigenvalue weighted by atomic mass is 31.2. The molecule has 0 saturated carbocycles. The largest absolute Gasteiger partial charge is 0.335 e. The van der Waals surface area contributed by atoms with Crippen LogP contribution in [-0.2, 0) is 19.8 Å². The van der Waals surface area contributed by atoms with Gasteiger partial charge in [-0.2, -0.15) is 0 Å². The molecule has 0 amide bonds. The summed E-state index contributed by atoms with van der Waals surface area (Å²) in [5.41, 5.74) is 3.61. The monoisotopic (exact) mass is 360 g/mol. The van der Waals surface area contributed by atoms with E-state index in [9.17, 15) is 4.57 Å². The highest BCUT2D eigenvalue weighted by Crippen LogP contribution is 2.51. The summed E-state index contributed by atoms with van der Waals surface area (Å²) in [5.74, 6) is 0.394. The molecule has 2 aromatic carbocycles. The summed E-state index contributed by atoms with van der Waals surface area (Å²) in [6.07, 6.45) is 2.56. The number of benzene rings is 2. The fourth-order valence-electron chi connectivity index (χ4n) is 3.10. The van der Waals surface area contributed by atoms with Gasteiger partial charge in [-0.15, -0.1) is 0 Å². The Morgan fingerprint density at radius 1 is 0.840 bits per heavy atom. The Morgan fingerprint density at radius 3 is 1.92 bits per heavy atom. The third kappa shape index (κ3) is 5.81. The normalized spacial score (nSPS) is 12.9. The van der Waals surface area contributed by atoms with Crippen LogP contribution in [0.3, 0.4) is 0 Å². The third-order valence-electron chi connectivity index (χ3n) is 4.19. The van der Waals surface area contributed by atoms with Crippen LogP contribution in [0.25, 0.3) is 0 Å². The zero-order valence-corrected chi connectivity index (χ0v) is 16.4. The van der Waals surface area contributed by atoms with Gasteiger partial charge in [0, 0.05) is 5.92 Å². The van der Waals surface area contributed by atoms with Crippen LogP contribution in [0, 0.1) is 0 Å². The molecule has 1 atom stereocenters. The lowest BCUT2D eigenvalue weighted by Crippen LogP contribution is -2.02. The van der Waals surface area contributed by atoms with E-state index in [1.165, 1.54) is 11.1 Å². The molecular formula is C21H29O3P. The molecular weight excluding hydrogens is 331 g/mol. The quantitative estimate of drug-likeness (QED) is 0.461. The van der Waals surface area contributed by atoms with E-state index < -0.39 is 7.60 Å². The minimum absolute atomic E-state index is 0.318. The molecule has 0 aliphatic carbocycles. The van der Waals surface area contributed by atoms with Crippen molar-refractivity contribution in [2.24, 2.45) is 0 Å². The first-order valence-electron chi connectivity index (χ1n) is 9.13. The summed E-state index contributed by atoms with van der Waals surface area (Å²) in [4.78, 5) is 0. The Balaban J connectivity index is 2.18. The molecule has 0 aliphatic heterocycles. The second-order valence-corrected chi connectivity index (χ2v) is 8.15. The zero-order chi connectivity index (χ0) is 18.1. The topological polar surface area (TPSA) is 35.5 Å². The first-order chi connectivity index (χ1) is 12.1. The molecule has 0 bridgehead atoms. The van der Waals surface area contributed by atoms with Gasteiger partial charge in [0.25, 0.3) is 0 Å². The summed E-state index contributed by atoms with van der Waals surface area (Å²) in [6, 6.07) is 19.0. The molecule has 25 heavy (non-hydrogen) atoms. The minimum atomic E-state index is -3.05. The van der Waals surface area contributed by atoms with Crippen LogP contribution in [0.2, 0.25) is 0 Å². The molecule has 0 aromatic heterocycles. The maximum Gasteiger partial charge on any atom is 0.335 e. The Labute approximate surface area is 151 Å². The lowest BCUT2D eigenvalue weighted by Gasteiger charge is -2.19. The summed E-state index contributed by atoms with van der Waals surface area (Å²) >= 11 is 0. The lowest BCUT2D eigenvalue weighted by molar-refractivity contribution is 0.219. The van der Waals surface area contributed by atoms with Gasteiger partial charge in [-0.05, 0) is 37.0 Å². The molecule has 0 aliphatic rings. The van der Waals surface area contributed by atoms with Crippen molar-refractivity contribution in [3.05, 3.63) is 71.3 Å². The van der Waals surface area contributed by atoms with Gasteiger partial charge in [-0.25, -0.2) is 0 Å². The van der Waals surface area contributed by atoms with Gasteiger partial charge in [0.15, 0.2) is 0 Å². The summed E-state index contributed by atoms with van der Waals surface area (Å²) in [6.45, 7) is 6.67. The molecule has 2 aromatic rings. The Morgan fingerprint density at radius 2 is 1.40 bits per heavy atom. The Bertz CT molecular complexity index is 657. The summed E-state index contributed by atoms with van der Waals surface area (Å²) in [7, 11) is -3.05. The van der Waals surface area contributed by atoms with Crippen molar-refractivity contribution in [1.29, 1.82) is 0 Å². The highest BCUT2D eigenvalue weighted by Gasteiger charge is 2.24. The van der Waals surface area contributed by atoms with Gasteiger partial charge in [0.05, 0.1) is 19.4 Å². The number of hydrogen-bond donors (Lipinski definition) is 0. The summed E-state index contributed by atoms with van der Waals surface area (Å²) in [5, 5.41) is 0. The van der Waals surface area contributed by atoms with Crippen molar-refractivity contribution < 1.29 is 13.6 Å². The predicted octanol–water partition coefficient (Wildman–Crippen LogP) is 6.38. The maximum atomic E-state index is 12.7. The molecule has 0 saturated heterocycles. The first-order valence-corrected chi connectivity index (χ1v) is 10.9. The van der Waals surface area contributed by atoms with E-state index >= 15 is 0 Å². The SMILES string of the molecule is CCCC(c1ccccc1)c1ccc(CP(=O)(OCC)OCC)cc1. The van der Waals surface area contributed by atoms with Crippen LogP contribution in [0.4, 0.5) is 0 Å². The Kier molecular flexibility index (Phi) is 7.90. The molecule has 4 heteroatoms.